The van der Waals surface area contributed by atoms with Crippen molar-refractivity contribution < 1.29 is 35.1 Å². The van der Waals surface area contributed by atoms with Gasteiger partial charge in [-0.2, -0.15) is 0 Å². The van der Waals surface area contributed by atoms with Gasteiger partial charge in [0.25, 0.3) is 0 Å². The van der Waals surface area contributed by atoms with Crippen LogP contribution in [0.4, 0.5) is 22.0 Å². The Hall–Kier alpha value is -2.63. The summed E-state index contributed by atoms with van der Waals surface area (Å²) in [5, 5.41) is 4.81. The highest BCUT2D eigenvalue weighted by molar-refractivity contribution is 7.89. The molecular weight excluding hydrogens is 449 g/mol. The molecule has 0 radical (unpaired) electrons. The average Bonchev–Trinajstić information content (AvgIpc) is 2.59. The first kappa shape index (κ1) is 22.1. The fourth-order valence-electron chi connectivity index (χ4n) is 2.79. The molecule has 0 heterocycles. The molecule has 11 heteroatoms. The fraction of sp³-hybridized carbons (Fsp3) is 0.0526. The second kappa shape index (κ2) is 7.89. The van der Waals surface area contributed by atoms with Gasteiger partial charge in [0.05, 0.1) is 0 Å². The van der Waals surface area contributed by atoms with E-state index in [0.29, 0.717) is 21.6 Å². The maximum Gasteiger partial charge on any atom is 0.573 e. The molecule has 0 saturated heterocycles. The molecule has 0 fully saturated rings. The molecule has 0 aliphatic heterocycles. The Kier molecular flexibility index (Phi) is 5.81. The number of thiol groups is 1. The van der Waals surface area contributed by atoms with Crippen molar-refractivity contribution in [2.75, 3.05) is 0 Å². The van der Waals surface area contributed by atoms with E-state index in [2.05, 4.69) is 17.4 Å². The molecule has 0 unspecified atom stereocenters. The summed E-state index contributed by atoms with van der Waals surface area (Å²) < 4.78 is 91.3. The Balaban J connectivity index is 1.95. The molecule has 0 aromatic heterocycles. The summed E-state index contributed by atoms with van der Waals surface area (Å²) in [6.07, 6.45) is -4.80. The van der Waals surface area contributed by atoms with E-state index in [-0.39, 0.29) is 11.3 Å². The lowest BCUT2D eigenvalue weighted by atomic mass is 10.00. The summed E-state index contributed by atoms with van der Waals surface area (Å²) in [7, 11) is -4.57. The Morgan fingerprint density at radius 3 is 1.83 bits per heavy atom. The van der Waals surface area contributed by atoms with Crippen molar-refractivity contribution in [3.8, 4) is 28.0 Å². The number of primary sulfonamides is 1. The lowest BCUT2D eigenvalue weighted by molar-refractivity contribution is -0.274. The van der Waals surface area contributed by atoms with Gasteiger partial charge in [-0.1, -0.05) is 24.3 Å². The molecule has 4 nitrogen and oxygen atoms in total. The molecule has 0 aliphatic rings. The topological polar surface area (TPSA) is 69.4 Å². The predicted octanol–water partition coefficient (Wildman–Crippen LogP) is 5.13. The molecule has 0 aliphatic carbocycles. The van der Waals surface area contributed by atoms with Gasteiger partial charge in [-0.25, -0.2) is 22.3 Å². The number of rotatable bonds is 4. The van der Waals surface area contributed by atoms with Gasteiger partial charge in [-0.3, -0.25) is 0 Å². The third-order valence-electron chi connectivity index (χ3n) is 4.01. The SMILES string of the molecule is NS(=O)(=O)c1c(F)cc(-c2ccc(-c3ccc(OC(F)(F)F)cc3)c(S)c2)cc1F. The number of sulfonamides is 1. The fourth-order valence-corrected chi connectivity index (χ4v) is 3.79. The van der Waals surface area contributed by atoms with E-state index < -0.39 is 32.9 Å². The summed E-state index contributed by atoms with van der Waals surface area (Å²) in [6, 6.07) is 11.3. The van der Waals surface area contributed by atoms with Crippen molar-refractivity contribution in [1.29, 1.82) is 0 Å². The Morgan fingerprint density at radius 1 is 0.833 bits per heavy atom. The van der Waals surface area contributed by atoms with E-state index in [1.54, 1.807) is 6.07 Å². The zero-order valence-electron chi connectivity index (χ0n) is 14.7. The highest BCUT2D eigenvalue weighted by Crippen LogP contribution is 2.34. The molecule has 158 valence electrons. The van der Waals surface area contributed by atoms with Gasteiger partial charge in [0.1, 0.15) is 17.4 Å². The summed E-state index contributed by atoms with van der Waals surface area (Å²) in [4.78, 5) is -0.858. The van der Waals surface area contributed by atoms with Crippen molar-refractivity contribution in [2.24, 2.45) is 5.14 Å². The van der Waals surface area contributed by atoms with E-state index >= 15 is 0 Å². The van der Waals surface area contributed by atoms with Crippen LogP contribution in [0.5, 0.6) is 5.75 Å². The molecule has 0 saturated carbocycles. The van der Waals surface area contributed by atoms with E-state index in [9.17, 15) is 30.4 Å². The molecule has 3 aromatic carbocycles. The van der Waals surface area contributed by atoms with Gasteiger partial charge < -0.3 is 4.74 Å². The van der Waals surface area contributed by atoms with Crippen LogP contribution in [-0.2, 0) is 10.0 Å². The van der Waals surface area contributed by atoms with E-state index in [4.69, 9.17) is 5.14 Å². The number of alkyl halides is 3. The van der Waals surface area contributed by atoms with Crippen LogP contribution in [-0.4, -0.2) is 14.8 Å². The Bertz CT molecular complexity index is 1190. The van der Waals surface area contributed by atoms with E-state index in [1.807, 2.05) is 0 Å². The van der Waals surface area contributed by atoms with Gasteiger partial charge in [0.2, 0.25) is 10.0 Å². The van der Waals surface area contributed by atoms with Gasteiger partial charge in [-0.15, -0.1) is 25.8 Å². The molecule has 0 atom stereocenters. The van der Waals surface area contributed by atoms with Crippen LogP contribution in [0.3, 0.4) is 0 Å². The second-order valence-electron chi connectivity index (χ2n) is 6.12. The van der Waals surface area contributed by atoms with Crippen molar-refractivity contribution in [3.63, 3.8) is 0 Å². The standard InChI is InChI=1S/C19H12F5NO3S2/c20-15-7-12(8-16(21)18(15)30(25,26)27)11-3-6-14(17(29)9-11)10-1-4-13(5-2-10)28-19(22,23)24/h1-9,29H,(H2,25,26,27). The van der Waals surface area contributed by atoms with Crippen LogP contribution in [0.1, 0.15) is 0 Å². The average molecular weight is 461 g/mol. The molecule has 2 N–H and O–H groups in total. The molecule has 0 amide bonds. The minimum atomic E-state index is -4.80. The Morgan fingerprint density at radius 2 is 1.37 bits per heavy atom. The van der Waals surface area contributed by atoms with Crippen LogP contribution in [0.2, 0.25) is 0 Å². The summed E-state index contributed by atoms with van der Waals surface area (Å²) in [5.41, 5.74) is 1.46. The van der Waals surface area contributed by atoms with Crippen LogP contribution < -0.4 is 9.88 Å². The van der Waals surface area contributed by atoms with Gasteiger partial charge in [-0.05, 0) is 52.6 Å². The molecular formula is C19H12F5NO3S2. The van der Waals surface area contributed by atoms with Crippen LogP contribution in [0.25, 0.3) is 22.3 Å². The van der Waals surface area contributed by atoms with E-state index in [0.717, 1.165) is 24.3 Å². The molecule has 0 bridgehead atoms. The summed E-state index contributed by atoms with van der Waals surface area (Å²) >= 11 is 4.33. The molecule has 0 spiro atoms. The summed E-state index contributed by atoms with van der Waals surface area (Å²) in [6.45, 7) is 0. The quantitative estimate of drug-likeness (QED) is 0.418. The maximum absolute atomic E-state index is 14.1. The first-order valence-electron chi connectivity index (χ1n) is 8.06. The monoisotopic (exact) mass is 461 g/mol. The van der Waals surface area contributed by atoms with Crippen molar-refractivity contribution in [3.05, 3.63) is 66.2 Å². The minimum Gasteiger partial charge on any atom is -0.406 e. The lowest BCUT2D eigenvalue weighted by Crippen LogP contribution is -2.16. The second-order valence-corrected chi connectivity index (χ2v) is 8.10. The summed E-state index contributed by atoms with van der Waals surface area (Å²) in [5.74, 6) is -3.06. The van der Waals surface area contributed by atoms with E-state index in [1.165, 1.54) is 24.3 Å². The van der Waals surface area contributed by atoms with Gasteiger partial charge in [0, 0.05) is 4.90 Å². The Labute approximate surface area is 173 Å². The highest BCUT2D eigenvalue weighted by atomic mass is 32.2. The largest absolute Gasteiger partial charge is 0.573 e. The van der Waals surface area contributed by atoms with Crippen molar-refractivity contribution in [2.45, 2.75) is 16.2 Å². The molecule has 30 heavy (non-hydrogen) atoms. The van der Waals surface area contributed by atoms with Crippen molar-refractivity contribution in [1.82, 2.24) is 0 Å². The first-order valence-corrected chi connectivity index (χ1v) is 10.1. The van der Waals surface area contributed by atoms with Gasteiger partial charge in [0.15, 0.2) is 4.90 Å². The minimum absolute atomic E-state index is 0.0492. The highest BCUT2D eigenvalue weighted by Gasteiger charge is 2.31. The lowest BCUT2D eigenvalue weighted by Gasteiger charge is -2.12. The number of nitrogens with two attached hydrogens (primary N) is 1. The predicted molar refractivity (Wildman–Crippen MR) is 103 cm³/mol. The maximum atomic E-state index is 14.1. The number of halogens is 5. The first-order chi connectivity index (χ1) is 13.8. The number of ether oxygens (including phenoxy) is 1. The zero-order valence-corrected chi connectivity index (χ0v) is 16.5. The van der Waals surface area contributed by atoms with Crippen LogP contribution >= 0.6 is 12.6 Å². The van der Waals surface area contributed by atoms with Crippen LogP contribution in [0, 0.1) is 11.6 Å². The third kappa shape index (κ3) is 4.91. The number of hydrogen-bond acceptors (Lipinski definition) is 4. The van der Waals surface area contributed by atoms with Crippen molar-refractivity contribution >= 4 is 22.7 Å². The smallest absolute Gasteiger partial charge is 0.406 e. The zero-order chi connectivity index (χ0) is 22.3. The number of hydrogen-bond donors (Lipinski definition) is 2. The molecule has 3 rings (SSSR count). The van der Waals surface area contributed by atoms with Gasteiger partial charge >= 0.3 is 6.36 Å². The molecule has 3 aromatic rings. The number of benzene rings is 3. The third-order valence-corrected chi connectivity index (χ3v) is 5.34. The normalized spacial score (nSPS) is 12.1. The van der Waals surface area contributed by atoms with Crippen LogP contribution in [0.15, 0.2) is 64.4 Å².